The highest BCUT2D eigenvalue weighted by Gasteiger charge is 2.28. The lowest BCUT2D eigenvalue weighted by Crippen LogP contribution is -2.50. The molecule has 0 radical (unpaired) electrons. The van der Waals surface area contributed by atoms with Crippen molar-refractivity contribution in [2.75, 3.05) is 51.7 Å². The van der Waals surface area contributed by atoms with E-state index in [9.17, 15) is 13.2 Å². The van der Waals surface area contributed by atoms with Crippen LogP contribution in [-0.4, -0.2) is 76.6 Å². The largest absolute Gasteiger partial charge is 0.378 e. The van der Waals surface area contributed by atoms with Crippen LogP contribution in [0.1, 0.15) is 11.1 Å². The number of hydrogen-bond acceptors (Lipinski definition) is 6. The number of amides is 1. The second-order valence-corrected chi connectivity index (χ2v) is 9.71. The van der Waals surface area contributed by atoms with E-state index in [0.717, 1.165) is 16.8 Å². The van der Waals surface area contributed by atoms with Crippen molar-refractivity contribution in [3.05, 3.63) is 59.7 Å². The summed E-state index contributed by atoms with van der Waals surface area (Å²) in [7, 11) is 0.442. The van der Waals surface area contributed by atoms with Gasteiger partial charge in [-0.1, -0.05) is 29.8 Å². The van der Waals surface area contributed by atoms with Crippen molar-refractivity contribution < 1.29 is 13.2 Å². The zero-order valence-electron chi connectivity index (χ0n) is 18.2. The van der Waals surface area contributed by atoms with E-state index < -0.39 is 10.0 Å². The normalized spacial score (nSPS) is 15.8. The van der Waals surface area contributed by atoms with Crippen LogP contribution >= 0.6 is 0 Å². The van der Waals surface area contributed by atoms with E-state index >= 15 is 0 Å². The van der Waals surface area contributed by atoms with Crippen LogP contribution < -0.4 is 10.3 Å². The SMILES string of the molecule is Cc1ccc(S(=O)(=O)N2CCN(CC(=O)N/N=C\c3ccc(N(C)C)cc3)CC2)cc1. The monoisotopic (exact) mass is 443 g/mol. The smallest absolute Gasteiger partial charge is 0.254 e. The van der Waals surface area contributed by atoms with Crippen molar-refractivity contribution in [1.29, 1.82) is 0 Å². The second kappa shape index (κ2) is 10.0. The first-order chi connectivity index (χ1) is 14.8. The molecule has 0 aliphatic carbocycles. The maximum absolute atomic E-state index is 12.8. The van der Waals surface area contributed by atoms with Gasteiger partial charge in [0.15, 0.2) is 0 Å². The third kappa shape index (κ3) is 6.13. The Balaban J connectivity index is 1.46. The molecule has 1 aliphatic rings. The second-order valence-electron chi connectivity index (χ2n) is 7.77. The summed E-state index contributed by atoms with van der Waals surface area (Å²) in [5, 5.41) is 4.01. The number of carbonyl (C=O) groups is 1. The van der Waals surface area contributed by atoms with Gasteiger partial charge in [0.25, 0.3) is 5.91 Å². The highest BCUT2D eigenvalue weighted by Crippen LogP contribution is 2.18. The molecular formula is C22H29N5O3S. The third-order valence-corrected chi connectivity index (χ3v) is 7.08. The van der Waals surface area contributed by atoms with Gasteiger partial charge in [0.1, 0.15) is 0 Å². The molecule has 1 fully saturated rings. The third-order valence-electron chi connectivity index (χ3n) is 5.17. The first kappa shape index (κ1) is 22.9. The van der Waals surface area contributed by atoms with Crippen LogP contribution in [0.5, 0.6) is 0 Å². The standard InChI is InChI=1S/C22H29N5O3S/c1-18-4-10-21(11-5-18)31(29,30)27-14-12-26(13-15-27)17-22(28)24-23-16-19-6-8-20(9-7-19)25(2)3/h4-11,16H,12-15,17H2,1-3H3,(H,24,28)/b23-16-. The topological polar surface area (TPSA) is 85.3 Å². The number of aryl methyl sites for hydroxylation is 1. The van der Waals surface area contributed by atoms with E-state index in [2.05, 4.69) is 10.5 Å². The zero-order chi connectivity index (χ0) is 22.4. The van der Waals surface area contributed by atoms with Crippen LogP contribution in [0, 0.1) is 6.92 Å². The van der Waals surface area contributed by atoms with Gasteiger partial charge < -0.3 is 4.90 Å². The van der Waals surface area contributed by atoms with Crippen LogP contribution in [0.4, 0.5) is 5.69 Å². The van der Waals surface area contributed by atoms with Crippen LogP contribution in [0.25, 0.3) is 0 Å². The molecule has 8 nitrogen and oxygen atoms in total. The van der Waals surface area contributed by atoms with Gasteiger partial charge in [-0.15, -0.1) is 0 Å². The average Bonchev–Trinajstić information content (AvgIpc) is 2.75. The Morgan fingerprint density at radius 1 is 1.03 bits per heavy atom. The predicted octanol–water partition coefficient (Wildman–Crippen LogP) is 1.52. The Morgan fingerprint density at radius 2 is 1.65 bits per heavy atom. The van der Waals surface area contributed by atoms with Gasteiger partial charge in [0.2, 0.25) is 10.0 Å². The van der Waals surface area contributed by atoms with E-state index in [1.54, 1.807) is 30.5 Å². The molecule has 0 saturated carbocycles. The number of benzene rings is 2. The minimum atomic E-state index is -3.50. The Morgan fingerprint density at radius 3 is 2.23 bits per heavy atom. The van der Waals surface area contributed by atoms with Gasteiger partial charge in [-0.3, -0.25) is 9.69 Å². The molecule has 1 N–H and O–H groups in total. The van der Waals surface area contributed by atoms with E-state index in [1.807, 2.05) is 55.1 Å². The first-order valence-corrected chi connectivity index (χ1v) is 11.6. The summed E-state index contributed by atoms with van der Waals surface area (Å²) in [4.78, 5) is 16.4. The summed E-state index contributed by atoms with van der Waals surface area (Å²) in [6.07, 6.45) is 1.60. The molecule has 3 rings (SSSR count). The number of nitrogens with one attached hydrogen (secondary N) is 1. The van der Waals surface area contributed by atoms with Gasteiger partial charge >= 0.3 is 0 Å². The number of anilines is 1. The molecule has 1 amide bonds. The van der Waals surface area contributed by atoms with Crippen molar-refractivity contribution >= 4 is 27.8 Å². The highest BCUT2D eigenvalue weighted by molar-refractivity contribution is 7.89. The molecule has 31 heavy (non-hydrogen) atoms. The molecule has 166 valence electrons. The Bertz CT molecular complexity index is 1010. The minimum Gasteiger partial charge on any atom is -0.378 e. The molecule has 0 unspecified atom stereocenters. The molecule has 1 heterocycles. The number of rotatable bonds is 7. The van der Waals surface area contributed by atoms with Crippen molar-refractivity contribution in [1.82, 2.24) is 14.6 Å². The van der Waals surface area contributed by atoms with E-state index in [0.29, 0.717) is 31.1 Å². The summed E-state index contributed by atoms with van der Waals surface area (Å²) in [6, 6.07) is 14.7. The average molecular weight is 444 g/mol. The summed E-state index contributed by atoms with van der Waals surface area (Å²) < 4.78 is 27.0. The summed E-state index contributed by atoms with van der Waals surface area (Å²) in [6.45, 7) is 3.79. The highest BCUT2D eigenvalue weighted by atomic mass is 32.2. The molecule has 2 aromatic carbocycles. The van der Waals surface area contributed by atoms with Crippen molar-refractivity contribution in [3.63, 3.8) is 0 Å². The molecule has 0 bridgehead atoms. The molecule has 1 aliphatic heterocycles. The number of carbonyl (C=O) groups excluding carboxylic acids is 1. The van der Waals surface area contributed by atoms with Crippen LogP contribution in [0.3, 0.4) is 0 Å². The number of hydrogen-bond donors (Lipinski definition) is 1. The molecule has 0 aromatic heterocycles. The molecular weight excluding hydrogens is 414 g/mol. The summed E-state index contributed by atoms with van der Waals surface area (Å²) in [5.41, 5.74) is 5.53. The van der Waals surface area contributed by atoms with Crippen LogP contribution in [0.15, 0.2) is 58.5 Å². The fraction of sp³-hybridized carbons (Fsp3) is 0.364. The quantitative estimate of drug-likeness (QED) is 0.518. The number of hydrazone groups is 1. The number of sulfonamides is 1. The number of piperazine rings is 1. The maximum Gasteiger partial charge on any atom is 0.254 e. The van der Waals surface area contributed by atoms with Crippen LogP contribution in [0.2, 0.25) is 0 Å². The van der Waals surface area contributed by atoms with Crippen molar-refractivity contribution in [3.8, 4) is 0 Å². The van der Waals surface area contributed by atoms with E-state index in [4.69, 9.17) is 0 Å². The lowest BCUT2D eigenvalue weighted by atomic mass is 10.2. The maximum atomic E-state index is 12.8. The van der Waals surface area contributed by atoms with Gasteiger partial charge in [-0.05, 0) is 36.8 Å². The molecule has 0 atom stereocenters. The summed E-state index contributed by atoms with van der Waals surface area (Å²) >= 11 is 0. The van der Waals surface area contributed by atoms with Crippen LogP contribution in [-0.2, 0) is 14.8 Å². The van der Waals surface area contributed by atoms with Crippen molar-refractivity contribution in [2.45, 2.75) is 11.8 Å². The van der Waals surface area contributed by atoms with Gasteiger partial charge in [0, 0.05) is 46.0 Å². The number of nitrogens with zero attached hydrogens (tertiary/aromatic N) is 4. The van der Waals surface area contributed by atoms with E-state index in [1.165, 1.54) is 4.31 Å². The van der Waals surface area contributed by atoms with Gasteiger partial charge in [0.05, 0.1) is 17.7 Å². The fourth-order valence-corrected chi connectivity index (χ4v) is 4.69. The van der Waals surface area contributed by atoms with Gasteiger partial charge in [-0.25, -0.2) is 13.8 Å². The lowest BCUT2D eigenvalue weighted by molar-refractivity contribution is -0.122. The Kier molecular flexibility index (Phi) is 7.42. The minimum absolute atomic E-state index is 0.176. The van der Waals surface area contributed by atoms with Crippen molar-refractivity contribution in [2.24, 2.45) is 5.10 Å². The molecule has 0 spiro atoms. The summed E-state index contributed by atoms with van der Waals surface area (Å²) in [5.74, 6) is -0.226. The first-order valence-electron chi connectivity index (χ1n) is 10.1. The molecule has 9 heteroatoms. The Labute approximate surface area is 184 Å². The van der Waals surface area contributed by atoms with Gasteiger partial charge in [-0.2, -0.15) is 9.41 Å². The predicted molar refractivity (Wildman–Crippen MR) is 123 cm³/mol. The zero-order valence-corrected chi connectivity index (χ0v) is 19.0. The lowest BCUT2D eigenvalue weighted by Gasteiger charge is -2.33. The molecule has 2 aromatic rings. The van der Waals surface area contributed by atoms with E-state index in [-0.39, 0.29) is 12.5 Å². The Hall–Kier alpha value is -2.75. The fourth-order valence-electron chi connectivity index (χ4n) is 3.26. The molecule has 1 saturated heterocycles.